The molecule has 0 aliphatic carbocycles. The quantitative estimate of drug-likeness (QED) is 0.585. The molecule has 5 heteroatoms. The maximum absolute atomic E-state index is 11.5. The van der Waals surface area contributed by atoms with Gasteiger partial charge in [-0.3, -0.25) is 0 Å². The first kappa shape index (κ1) is 11.9. The van der Waals surface area contributed by atoms with E-state index in [1.165, 1.54) is 6.20 Å². The van der Waals surface area contributed by atoms with Gasteiger partial charge in [0.25, 0.3) is 0 Å². The zero-order chi connectivity index (χ0) is 11.3. The highest BCUT2D eigenvalue weighted by Gasteiger charge is 2.15. The topological polar surface area (TPSA) is 48.4 Å². The van der Waals surface area contributed by atoms with E-state index < -0.39 is 5.97 Å². The number of methoxy groups -OCH3 is 1. The van der Waals surface area contributed by atoms with Crippen LogP contribution in [0.3, 0.4) is 0 Å². The fourth-order valence-electron chi connectivity index (χ4n) is 1.05. The number of carbonyl (C=O) groups is 1. The lowest BCUT2D eigenvalue weighted by Crippen LogP contribution is -2.20. The number of nitrogens with zero attached hydrogens (tertiary/aromatic N) is 1. The molecule has 82 valence electrons. The van der Waals surface area contributed by atoms with E-state index >= 15 is 0 Å². The van der Waals surface area contributed by atoms with Gasteiger partial charge in [0.2, 0.25) is 0 Å². The lowest BCUT2D eigenvalue weighted by molar-refractivity contribution is 0.0120. The highest BCUT2D eigenvalue weighted by Crippen LogP contribution is 2.13. The van der Waals surface area contributed by atoms with Gasteiger partial charge in [0.15, 0.2) is 0 Å². The smallest absolute Gasteiger partial charge is 0.341 e. The number of esters is 1. The molecule has 1 aromatic rings. The van der Waals surface area contributed by atoms with Crippen molar-refractivity contribution in [2.45, 2.75) is 13.0 Å². The normalized spacial score (nSPS) is 12.2. The van der Waals surface area contributed by atoms with Gasteiger partial charge in [-0.05, 0) is 19.1 Å². The summed E-state index contributed by atoms with van der Waals surface area (Å²) in [5.41, 5.74) is 0.266. The molecule has 1 unspecified atom stereocenters. The number of hydrogen-bond acceptors (Lipinski definition) is 4. The molecular weight excluding hydrogens is 218 g/mol. The Balaban J connectivity index is 2.65. The molecule has 0 aromatic carbocycles. The van der Waals surface area contributed by atoms with Gasteiger partial charge in [0, 0.05) is 13.3 Å². The van der Waals surface area contributed by atoms with Crippen molar-refractivity contribution < 1.29 is 14.3 Å². The van der Waals surface area contributed by atoms with Crippen molar-refractivity contribution in [1.82, 2.24) is 4.98 Å². The molecule has 0 fully saturated rings. The Morgan fingerprint density at radius 1 is 1.67 bits per heavy atom. The van der Waals surface area contributed by atoms with Crippen molar-refractivity contribution in [3.63, 3.8) is 0 Å². The second-order valence-corrected chi connectivity index (χ2v) is 3.37. The maximum atomic E-state index is 11.5. The molecule has 1 rings (SSSR count). The van der Waals surface area contributed by atoms with Crippen LogP contribution in [0.25, 0.3) is 0 Å². The van der Waals surface area contributed by atoms with Gasteiger partial charge in [-0.15, -0.1) is 0 Å². The Hall–Kier alpha value is -1.13. The summed E-state index contributed by atoms with van der Waals surface area (Å²) in [5.74, 6) is -0.488. The van der Waals surface area contributed by atoms with Gasteiger partial charge < -0.3 is 9.47 Å². The van der Waals surface area contributed by atoms with E-state index in [0.29, 0.717) is 6.61 Å². The summed E-state index contributed by atoms with van der Waals surface area (Å²) in [6.45, 7) is 2.09. The van der Waals surface area contributed by atoms with Gasteiger partial charge >= 0.3 is 5.97 Å². The molecule has 0 spiro atoms. The van der Waals surface area contributed by atoms with Crippen molar-refractivity contribution >= 4 is 17.6 Å². The van der Waals surface area contributed by atoms with E-state index in [0.717, 1.165) is 0 Å². The highest BCUT2D eigenvalue weighted by molar-refractivity contribution is 6.32. The predicted molar refractivity (Wildman–Crippen MR) is 56.0 cm³/mol. The van der Waals surface area contributed by atoms with Crippen molar-refractivity contribution in [2.24, 2.45) is 0 Å². The fraction of sp³-hybridized carbons (Fsp3) is 0.400. The standard InChI is InChI=1S/C10H12ClNO3/c1-7(6-14-2)15-10(13)8-4-3-5-12-9(8)11/h3-5,7H,6H2,1-2H3. The monoisotopic (exact) mass is 229 g/mol. The zero-order valence-corrected chi connectivity index (χ0v) is 9.32. The van der Waals surface area contributed by atoms with Gasteiger partial charge in [-0.1, -0.05) is 11.6 Å². The Kier molecular flexibility index (Phi) is 4.52. The highest BCUT2D eigenvalue weighted by atomic mass is 35.5. The van der Waals surface area contributed by atoms with Crippen molar-refractivity contribution in [2.75, 3.05) is 13.7 Å². The Morgan fingerprint density at radius 3 is 3.00 bits per heavy atom. The van der Waals surface area contributed by atoms with Gasteiger partial charge in [-0.25, -0.2) is 9.78 Å². The summed E-state index contributed by atoms with van der Waals surface area (Å²) >= 11 is 5.74. The molecule has 15 heavy (non-hydrogen) atoms. The predicted octanol–water partition coefficient (Wildman–Crippen LogP) is 1.93. The van der Waals surface area contributed by atoms with Crippen LogP contribution in [-0.4, -0.2) is 30.8 Å². The summed E-state index contributed by atoms with van der Waals surface area (Å²) in [5, 5.41) is 0.145. The van der Waals surface area contributed by atoms with Crippen LogP contribution in [0.1, 0.15) is 17.3 Å². The third-order valence-electron chi connectivity index (χ3n) is 1.69. The lowest BCUT2D eigenvalue weighted by atomic mass is 10.3. The van der Waals surface area contributed by atoms with Crippen molar-refractivity contribution in [3.8, 4) is 0 Å². The molecular formula is C10H12ClNO3. The van der Waals surface area contributed by atoms with Crippen molar-refractivity contribution in [1.29, 1.82) is 0 Å². The molecule has 0 aliphatic heterocycles. The molecule has 0 saturated heterocycles. The first-order valence-corrected chi connectivity index (χ1v) is 4.83. The number of rotatable bonds is 4. The molecule has 0 N–H and O–H groups in total. The summed E-state index contributed by atoms with van der Waals surface area (Å²) in [7, 11) is 1.54. The van der Waals surface area contributed by atoms with E-state index in [1.54, 1.807) is 26.2 Å². The molecule has 0 amide bonds. The molecule has 1 heterocycles. The van der Waals surface area contributed by atoms with Crippen LogP contribution in [0.5, 0.6) is 0 Å². The summed E-state index contributed by atoms with van der Waals surface area (Å²) < 4.78 is 9.91. The van der Waals surface area contributed by atoms with Crippen molar-refractivity contribution in [3.05, 3.63) is 29.0 Å². The van der Waals surface area contributed by atoms with Gasteiger partial charge in [-0.2, -0.15) is 0 Å². The van der Waals surface area contributed by atoms with E-state index in [-0.39, 0.29) is 16.8 Å². The SMILES string of the molecule is COCC(C)OC(=O)c1cccnc1Cl. The van der Waals surface area contributed by atoms with Crippen LogP contribution in [0.4, 0.5) is 0 Å². The van der Waals surface area contributed by atoms with Crippen LogP contribution in [-0.2, 0) is 9.47 Å². The Morgan fingerprint density at radius 2 is 2.40 bits per heavy atom. The fourth-order valence-corrected chi connectivity index (χ4v) is 1.25. The number of pyridine rings is 1. The third kappa shape index (κ3) is 3.49. The molecule has 0 saturated carbocycles. The number of hydrogen-bond donors (Lipinski definition) is 0. The maximum Gasteiger partial charge on any atom is 0.341 e. The van der Waals surface area contributed by atoms with Crippen LogP contribution in [0.2, 0.25) is 5.15 Å². The van der Waals surface area contributed by atoms with E-state index in [4.69, 9.17) is 21.1 Å². The molecule has 0 aliphatic rings. The lowest BCUT2D eigenvalue weighted by Gasteiger charge is -2.12. The van der Waals surface area contributed by atoms with Gasteiger partial charge in [0.05, 0.1) is 12.2 Å². The first-order chi connectivity index (χ1) is 7.15. The van der Waals surface area contributed by atoms with E-state index in [1.807, 2.05) is 0 Å². The number of carbonyl (C=O) groups excluding carboxylic acids is 1. The van der Waals surface area contributed by atoms with Crippen LogP contribution in [0, 0.1) is 0 Å². The number of ether oxygens (including phenoxy) is 2. The van der Waals surface area contributed by atoms with Crippen LogP contribution >= 0.6 is 11.6 Å². The Labute approximate surface area is 93.2 Å². The molecule has 1 aromatic heterocycles. The van der Waals surface area contributed by atoms with Gasteiger partial charge in [0.1, 0.15) is 11.3 Å². The number of aromatic nitrogens is 1. The largest absolute Gasteiger partial charge is 0.457 e. The second kappa shape index (κ2) is 5.68. The number of halogens is 1. The average Bonchev–Trinajstić information content (AvgIpc) is 2.18. The van der Waals surface area contributed by atoms with Crippen LogP contribution in [0.15, 0.2) is 18.3 Å². The molecule has 1 atom stereocenters. The summed E-state index contributed by atoms with van der Waals surface area (Å²) in [6.07, 6.45) is 1.20. The van der Waals surface area contributed by atoms with E-state index in [2.05, 4.69) is 4.98 Å². The minimum Gasteiger partial charge on any atom is -0.457 e. The molecule has 4 nitrogen and oxygen atoms in total. The van der Waals surface area contributed by atoms with Crippen LogP contribution < -0.4 is 0 Å². The first-order valence-electron chi connectivity index (χ1n) is 4.45. The third-order valence-corrected chi connectivity index (χ3v) is 1.99. The Bertz CT molecular complexity index is 343. The minimum absolute atomic E-state index is 0.145. The minimum atomic E-state index is -0.488. The molecule has 0 bridgehead atoms. The summed E-state index contributed by atoms with van der Waals surface area (Å²) in [4.78, 5) is 15.3. The average molecular weight is 230 g/mol. The zero-order valence-electron chi connectivity index (χ0n) is 8.57. The molecule has 0 radical (unpaired) electrons. The second-order valence-electron chi connectivity index (χ2n) is 3.01. The summed E-state index contributed by atoms with van der Waals surface area (Å²) in [6, 6.07) is 3.20. The van der Waals surface area contributed by atoms with E-state index in [9.17, 15) is 4.79 Å².